The summed E-state index contributed by atoms with van der Waals surface area (Å²) in [5, 5.41) is 0.405. The van der Waals surface area contributed by atoms with Crippen LogP contribution in [0.25, 0.3) is 0 Å². The first-order chi connectivity index (χ1) is 6.56. The van der Waals surface area contributed by atoms with Gasteiger partial charge in [-0.3, -0.25) is 0 Å². The quantitative estimate of drug-likeness (QED) is 0.460. The second-order valence-corrected chi connectivity index (χ2v) is 7.75. The molecule has 2 nitrogen and oxygen atoms in total. The number of hydrogen-bond donors (Lipinski definition) is 0. The van der Waals surface area contributed by atoms with Gasteiger partial charge in [0.2, 0.25) is 0 Å². The summed E-state index contributed by atoms with van der Waals surface area (Å²) in [6.07, 6.45) is 3.72. The fourth-order valence-electron chi connectivity index (χ4n) is 1.05. The van der Waals surface area contributed by atoms with E-state index in [9.17, 15) is 0 Å². The molecule has 0 aromatic carbocycles. The third-order valence-electron chi connectivity index (χ3n) is 1.80. The lowest BCUT2D eigenvalue weighted by molar-refractivity contribution is 0.0975. The third-order valence-corrected chi connectivity index (χ3v) is 3.16. The highest BCUT2D eigenvalue weighted by Gasteiger charge is 2.10. The molecule has 86 valence electrons. The van der Waals surface area contributed by atoms with Crippen LogP contribution in [0.1, 0.15) is 47.0 Å². The second kappa shape index (κ2) is 8.45. The lowest BCUT2D eigenvalue weighted by Crippen LogP contribution is -2.15. The summed E-state index contributed by atoms with van der Waals surface area (Å²) in [4.78, 5) is 0. The number of hydrogen-bond acceptors (Lipinski definition) is 2. The van der Waals surface area contributed by atoms with Gasteiger partial charge in [0, 0.05) is 6.61 Å². The van der Waals surface area contributed by atoms with Gasteiger partial charge in [-0.05, 0) is 11.5 Å². The van der Waals surface area contributed by atoms with E-state index in [2.05, 4.69) is 27.7 Å². The highest BCUT2D eigenvalue weighted by atomic mass is 28.2. The van der Waals surface area contributed by atoms with Crippen LogP contribution in [0, 0.1) is 0 Å². The Bertz CT molecular complexity index is 121. The van der Waals surface area contributed by atoms with Gasteiger partial charge in [0.05, 0.1) is 13.2 Å². The smallest absolute Gasteiger partial charge is 0.166 e. The summed E-state index contributed by atoms with van der Waals surface area (Å²) in [7, 11) is -0.374. The van der Waals surface area contributed by atoms with Crippen molar-refractivity contribution in [2.75, 3.05) is 19.8 Å². The molecule has 0 aromatic rings. The van der Waals surface area contributed by atoms with Crippen molar-refractivity contribution in [1.29, 1.82) is 0 Å². The van der Waals surface area contributed by atoms with E-state index in [1.165, 1.54) is 19.3 Å². The summed E-state index contributed by atoms with van der Waals surface area (Å²) >= 11 is 0. The molecule has 0 bridgehead atoms. The van der Waals surface area contributed by atoms with Crippen LogP contribution < -0.4 is 0 Å². The van der Waals surface area contributed by atoms with E-state index in [1.54, 1.807) is 0 Å². The van der Waals surface area contributed by atoms with E-state index < -0.39 is 0 Å². The van der Waals surface area contributed by atoms with Gasteiger partial charge in [-0.25, -0.2) is 0 Å². The number of rotatable bonds is 8. The van der Waals surface area contributed by atoms with Crippen LogP contribution in [0.15, 0.2) is 0 Å². The molecule has 0 saturated heterocycles. The minimum atomic E-state index is -0.374. The van der Waals surface area contributed by atoms with Crippen LogP contribution in [0.3, 0.4) is 0 Å². The fraction of sp³-hybridized carbons (Fsp3) is 1.00. The molecule has 3 heteroatoms. The molecule has 0 aliphatic carbocycles. The SMILES string of the molecule is CCCCCOCCO[SiH2]C(C)(C)C. The molecule has 0 heterocycles. The fourth-order valence-corrected chi connectivity index (χ4v) is 1.93. The first-order valence-electron chi connectivity index (χ1n) is 5.72. The van der Waals surface area contributed by atoms with Crippen molar-refractivity contribution < 1.29 is 9.16 Å². The van der Waals surface area contributed by atoms with Crippen LogP contribution in [-0.2, 0) is 9.16 Å². The van der Waals surface area contributed by atoms with Gasteiger partial charge >= 0.3 is 0 Å². The average Bonchev–Trinajstić information content (AvgIpc) is 2.08. The average molecular weight is 218 g/mol. The van der Waals surface area contributed by atoms with Gasteiger partial charge in [-0.1, -0.05) is 40.5 Å². The largest absolute Gasteiger partial charge is 0.421 e. The van der Waals surface area contributed by atoms with Crippen molar-refractivity contribution in [1.82, 2.24) is 0 Å². The summed E-state index contributed by atoms with van der Waals surface area (Å²) in [5.41, 5.74) is 0. The summed E-state index contributed by atoms with van der Waals surface area (Å²) in [5.74, 6) is 0. The van der Waals surface area contributed by atoms with Gasteiger partial charge < -0.3 is 9.16 Å². The number of unbranched alkanes of at least 4 members (excludes halogenated alkanes) is 2. The Labute approximate surface area is 91.3 Å². The maximum atomic E-state index is 5.62. The molecule has 0 spiro atoms. The second-order valence-electron chi connectivity index (χ2n) is 4.93. The van der Waals surface area contributed by atoms with Gasteiger partial charge in [0.15, 0.2) is 9.76 Å². The minimum absolute atomic E-state index is 0.374. The predicted octanol–water partition coefficient (Wildman–Crippen LogP) is 2.51. The van der Waals surface area contributed by atoms with E-state index in [4.69, 9.17) is 9.16 Å². The zero-order valence-corrected chi connectivity index (χ0v) is 11.7. The molecular formula is C11H26O2Si. The molecular weight excluding hydrogens is 192 g/mol. The highest BCUT2D eigenvalue weighted by Crippen LogP contribution is 2.19. The molecule has 0 amide bonds. The maximum Gasteiger partial charge on any atom is 0.166 e. The molecule has 0 saturated carbocycles. The Balaban J connectivity index is 2.99. The first kappa shape index (κ1) is 14.1. The predicted molar refractivity (Wildman–Crippen MR) is 64.6 cm³/mol. The number of ether oxygens (including phenoxy) is 1. The molecule has 0 N–H and O–H groups in total. The van der Waals surface area contributed by atoms with E-state index in [0.29, 0.717) is 5.04 Å². The normalized spacial score (nSPS) is 12.9. The van der Waals surface area contributed by atoms with Crippen molar-refractivity contribution in [3.8, 4) is 0 Å². The monoisotopic (exact) mass is 218 g/mol. The summed E-state index contributed by atoms with van der Waals surface area (Å²) < 4.78 is 11.1. The van der Waals surface area contributed by atoms with Crippen molar-refractivity contribution in [3.63, 3.8) is 0 Å². The molecule has 0 aliphatic heterocycles. The van der Waals surface area contributed by atoms with Crippen LogP contribution in [0.4, 0.5) is 0 Å². The standard InChI is InChI=1S/C11H26O2Si/c1-5-6-7-8-12-9-10-13-14-11(2,3)4/h5-10,14H2,1-4H3. The zero-order chi connectivity index (χ0) is 10.9. The lowest BCUT2D eigenvalue weighted by Gasteiger charge is -2.16. The summed E-state index contributed by atoms with van der Waals surface area (Å²) in [6, 6.07) is 0. The minimum Gasteiger partial charge on any atom is -0.421 e. The van der Waals surface area contributed by atoms with E-state index in [0.717, 1.165) is 19.8 Å². The molecule has 0 fully saturated rings. The molecule has 0 radical (unpaired) electrons. The molecule has 0 aliphatic rings. The van der Waals surface area contributed by atoms with Crippen molar-refractivity contribution in [3.05, 3.63) is 0 Å². The first-order valence-corrected chi connectivity index (χ1v) is 7.00. The summed E-state index contributed by atoms with van der Waals surface area (Å²) in [6.45, 7) is 11.4. The van der Waals surface area contributed by atoms with Crippen LogP contribution in [0.2, 0.25) is 5.04 Å². The van der Waals surface area contributed by atoms with Crippen molar-refractivity contribution >= 4 is 9.76 Å². The molecule has 0 rings (SSSR count). The highest BCUT2D eigenvalue weighted by molar-refractivity contribution is 6.31. The van der Waals surface area contributed by atoms with Gasteiger partial charge in [0.25, 0.3) is 0 Å². The lowest BCUT2D eigenvalue weighted by atomic mass is 10.3. The molecule has 0 unspecified atom stereocenters. The van der Waals surface area contributed by atoms with E-state index in [-0.39, 0.29) is 9.76 Å². The topological polar surface area (TPSA) is 18.5 Å². The van der Waals surface area contributed by atoms with Crippen LogP contribution >= 0.6 is 0 Å². The Kier molecular flexibility index (Phi) is 8.53. The Morgan fingerprint density at radius 3 is 2.29 bits per heavy atom. The Hall–Kier alpha value is 0.137. The molecule has 0 atom stereocenters. The van der Waals surface area contributed by atoms with Gasteiger partial charge in [-0.2, -0.15) is 0 Å². The molecule has 0 aromatic heterocycles. The Morgan fingerprint density at radius 1 is 1.00 bits per heavy atom. The van der Waals surface area contributed by atoms with Crippen molar-refractivity contribution in [2.24, 2.45) is 0 Å². The maximum absolute atomic E-state index is 5.62. The van der Waals surface area contributed by atoms with Gasteiger partial charge in [-0.15, -0.1) is 0 Å². The van der Waals surface area contributed by atoms with Crippen molar-refractivity contribution in [2.45, 2.75) is 52.0 Å². The van der Waals surface area contributed by atoms with Crippen LogP contribution in [-0.4, -0.2) is 29.6 Å². The molecule has 14 heavy (non-hydrogen) atoms. The van der Waals surface area contributed by atoms with E-state index in [1.807, 2.05) is 0 Å². The van der Waals surface area contributed by atoms with E-state index >= 15 is 0 Å². The third kappa shape index (κ3) is 12.1. The van der Waals surface area contributed by atoms with Gasteiger partial charge in [0.1, 0.15) is 0 Å². The zero-order valence-electron chi connectivity index (χ0n) is 10.3. The van der Waals surface area contributed by atoms with Crippen LogP contribution in [0.5, 0.6) is 0 Å². The Morgan fingerprint density at radius 2 is 1.71 bits per heavy atom.